The van der Waals surface area contributed by atoms with Crippen LogP contribution in [0.15, 0.2) is 0 Å². The van der Waals surface area contributed by atoms with Crippen LogP contribution in [0.1, 0.15) is 39.0 Å². The fourth-order valence-corrected chi connectivity index (χ4v) is 4.58. The molecule has 0 bridgehead atoms. The molecule has 0 aliphatic heterocycles. The van der Waals surface area contributed by atoms with Gasteiger partial charge in [0.05, 0.1) is 11.5 Å². The van der Waals surface area contributed by atoms with E-state index >= 15 is 0 Å². The quantitative estimate of drug-likeness (QED) is 0.536. The van der Waals surface area contributed by atoms with Gasteiger partial charge in [-0.1, -0.05) is 19.8 Å². The van der Waals surface area contributed by atoms with Gasteiger partial charge in [-0.2, -0.15) is 0 Å². The summed E-state index contributed by atoms with van der Waals surface area (Å²) in [7, 11) is -6.91. The van der Waals surface area contributed by atoms with E-state index in [1.165, 1.54) is 0 Å². The summed E-state index contributed by atoms with van der Waals surface area (Å²) in [5.41, 5.74) is 0. The van der Waals surface area contributed by atoms with E-state index in [2.05, 4.69) is 4.72 Å². The number of hydrogen-bond acceptors (Lipinski definition) is 5. The Labute approximate surface area is 127 Å². The number of aliphatic carboxylic acids is 1. The van der Waals surface area contributed by atoms with E-state index < -0.39 is 37.3 Å². The molecule has 1 unspecified atom stereocenters. The maximum atomic E-state index is 11.6. The molecule has 0 spiro atoms. The van der Waals surface area contributed by atoms with Gasteiger partial charge >= 0.3 is 5.97 Å². The van der Waals surface area contributed by atoms with Crippen molar-refractivity contribution in [3.8, 4) is 0 Å². The van der Waals surface area contributed by atoms with Gasteiger partial charge in [-0.05, 0) is 18.8 Å². The molecular weight excluding hydrogens is 318 g/mol. The molecule has 0 fully saturated rings. The number of sulfone groups is 1. The number of rotatable bonds is 12. The summed E-state index contributed by atoms with van der Waals surface area (Å²) >= 11 is 0. The Hall–Kier alpha value is -0.670. The monoisotopic (exact) mass is 343 g/mol. The van der Waals surface area contributed by atoms with Crippen molar-refractivity contribution in [3.63, 3.8) is 0 Å². The lowest BCUT2D eigenvalue weighted by Gasteiger charge is -2.15. The van der Waals surface area contributed by atoms with E-state index in [4.69, 9.17) is 5.11 Å². The number of carbonyl (C=O) groups is 1. The van der Waals surface area contributed by atoms with Gasteiger partial charge in [-0.15, -0.1) is 0 Å². The van der Waals surface area contributed by atoms with Crippen molar-refractivity contribution in [3.05, 3.63) is 0 Å². The molecule has 0 saturated heterocycles. The second-order valence-corrected chi connectivity index (χ2v) is 9.41. The first kappa shape index (κ1) is 20.3. The minimum atomic E-state index is -3.60. The SMILES string of the molecule is CCCC(CCNS(=O)(=O)CCS(C)(=O)=O)CCC(=O)O. The minimum absolute atomic E-state index is 0.0749. The summed E-state index contributed by atoms with van der Waals surface area (Å²) in [5.74, 6) is -1.55. The number of carboxylic acids is 1. The van der Waals surface area contributed by atoms with Crippen LogP contribution in [0.3, 0.4) is 0 Å². The molecular formula is C12H25NO6S2. The highest BCUT2D eigenvalue weighted by Gasteiger charge is 2.15. The molecule has 0 radical (unpaired) electrons. The third-order valence-electron chi connectivity index (χ3n) is 3.06. The molecule has 126 valence electrons. The number of carboxylic acid groups (broad SMARTS) is 1. The van der Waals surface area contributed by atoms with Gasteiger partial charge in [0.1, 0.15) is 9.84 Å². The van der Waals surface area contributed by atoms with Crippen LogP contribution in [-0.4, -0.2) is 52.2 Å². The smallest absolute Gasteiger partial charge is 0.303 e. The predicted molar refractivity (Wildman–Crippen MR) is 81.4 cm³/mol. The van der Waals surface area contributed by atoms with Crippen molar-refractivity contribution in [2.45, 2.75) is 39.0 Å². The van der Waals surface area contributed by atoms with Gasteiger partial charge < -0.3 is 5.11 Å². The van der Waals surface area contributed by atoms with Crippen LogP contribution in [0.5, 0.6) is 0 Å². The Morgan fingerprint density at radius 2 is 1.71 bits per heavy atom. The zero-order chi connectivity index (χ0) is 16.5. The molecule has 9 heteroatoms. The molecule has 0 amide bonds. The van der Waals surface area contributed by atoms with E-state index in [0.29, 0.717) is 12.8 Å². The third kappa shape index (κ3) is 12.8. The highest BCUT2D eigenvalue weighted by molar-refractivity contribution is 7.93. The van der Waals surface area contributed by atoms with E-state index in [9.17, 15) is 21.6 Å². The van der Waals surface area contributed by atoms with Gasteiger partial charge in [0, 0.05) is 19.2 Å². The fraction of sp³-hybridized carbons (Fsp3) is 0.917. The normalized spacial score (nSPS) is 14.0. The molecule has 1 atom stereocenters. The molecule has 0 rings (SSSR count). The van der Waals surface area contributed by atoms with E-state index in [1.807, 2.05) is 6.92 Å². The second-order valence-electron chi connectivity index (χ2n) is 5.22. The molecule has 0 aliphatic rings. The van der Waals surface area contributed by atoms with E-state index in [0.717, 1.165) is 19.1 Å². The number of hydrogen-bond donors (Lipinski definition) is 2. The van der Waals surface area contributed by atoms with E-state index in [1.54, 1.807) is 0 Å². The van der Waals surface area contributed by atoms with Crippen LogP contribution in [0.25, 0.3) is 0 Å². The predicted octanol–water partition coefficient (Wildman–Crippen LogP) is 0.622. The van der Waals surface area contributed by atoms with Crippen molar-refractivity contribution in [2.75, 3.05) is 24.3 Å². The van der Waals surface area contributed by atoms with Crippen molar-refractivity contribution in [2.24, 2.45) is 5.92 Å². The first-order chi connectivity index (χ1) is 9.56. The molecule has 0 heterocycles. The topological polar surface area (TPSA) is 118 Å². The Morgan fingerprint density at radius 3 is 2.19 bits per heavy atom. The summed E-state index contributed by atoms with van der Waals surface area (Å²) in [5, 5.41) is 8.66. The second kappa shape index (κ2) is 9.37. The number of nitrogens with one attached hydrogen (secondary N) is 1. The van der Waals surface area contributed by atoms with Crippen LogP contribution < -0.4 is 4.72 Å². The standard InChI is InChI=1S/C12H25NO6S2/c1-3-4-11(5-6-12(14)15)7-8-13-21(18,19)10-9-20(2,16)17/h11,13H,3-10H2,1-2H3,(H,14,15). The zero-order valence-electron chi connectivity index (χ0n) is 12.5. The fourth-order valence-electron chi connectivity index (χ4n) is 1.92. The zero-order valence-corrected chi connectivity index (χ0v) is 14.2. The molecule has 0 aromatic heterocycles. The Balaban J connectivity index is 4.19. The largest absolute Gasteiger partial charge is 0.481 e. The first-order valence-corrected chi connectivity index (χ1v) is 10.6. The molecule has 0 saturated carbocycles. The molecule has 0 aromatic rings. The third-order valence-corrected chi connectivity index (χ3v) is 5.65. The van der Waals surface area contributed by atoms with Crippen LogP contribution in [-0.2, 0) is 24.7 Å². The van der Waals surface area contributed by atoms with Crippen molar-refractivity contribution in [1.29, 1.82) is 0 Å². The highest BCUT2D eigenvalue weighted by atomic mass is 32.2. The summed E-state index contributed by atoms with van der Waals surface area (Å²) in [4.78, 5) is 10.6. The maximum absolute atomic E-state index is 11.6. The molecule has 2 N–H and O–H groups in total. The van der Waals surface area contributed by atoms with Crippen molar-refractivity contribution >= 4 is 25.8 Å². The van der Waals surface area contributed by atoms with E-state index in [-0.39, 0.29) is 18.9 Å². The van der Waals surface area contributed by atoms with Crippen LogP contribution in [0.2, 0.25) is 0 Å². The summed E-state index contributed by atoms with van der Waals surface area (Å²) in [6, 6.07) is 0. The summed E-state index contributed by atoms with van der Waals surface area (Å²) < 4.78 is 47.5. The highest BCUT2D eigenvalue weighted by Crippen LogP contribution is 2.17. The van der Waals surface area contributed by atoms with Gasteiger partial charge in [0.15, 0.2) is 0 Å². The maximum Gasteiger partial charge on any atom is 0.303 e. The average molecular weight is 343 g/mol. The van der Waals surface area contributed by atoms with Crippen molar-refractivity contribution < 1.29 is 26.7 Å². The minimum Gasteiger partial charge on any atom is -0.481 e. The van der Waals surface area contributed by atoms with Gasteiger partial charge in [-0.25, -0.2) is 21.6 Å². The molecule has 7 nitrogen and oxygen atoms in total. The van der Waals surface area contributed by atoms with Crippen LogP contribution in [0, 0.1) is 5.92 Å². The van der Waals surface area contributed by atoms with Gasteiger partial charge in [-0.3, -0.25) is 4.79 Å². The Bertz CT molecular complexity index is 512. The molecule has 0 aromatic carbocycles. The lowest BCUT2D eigenvalue weighted by atomic mass is 9.95. The number of sulfonamides is 1. The van der Waals surface area contributed by atoms with Crippen molar-refractivity contribution in [1.82, 2.24) is 4.72 Å². The summed E-state index contributed by atoms with van der Waals surface area (Å²) in [6.45, 7) is 2.19. The lowest BCUT2D eigenvalue weighted by molar-refractivity contribution is -0.137. The molecule has 21 heavy (non-hydrogen) atoms. The summed E-state index contributed by atoms with van der Waals surface area (Å²) in [6.07, 6.45) is 3.90. The first-order valence-electron chi connectivity index (χ1n) is 6.92. The Kier molecular flexibility index (Phi) is 9.07. The van der Waals surface area contributed by atoms with Crippen LogP contribution in [0.4, 0.5) is 0 Å². The molecule has 0 aliphatic carbocycles. The lowest BCUT2D eigenvalue weighted by Crippen LogP contribution is -2.31. The Morgan fingerprint density at radius 1 is 1.10 bits per heavy atom. The average Bonchev–Trinajstić information content (AvgIpc) is 2.32. The van der Waals surface area contributed by atoms with Crippen LogP contribution >= 0.6 is 0 Å². The van der Waals surface area contributed by atoms with Gasteiger partial charge in [0.2, 0.25) is 10.0 Å². The van der Waals surface area contributed by atoms with Gasteiger partial charge in [0.25, 0.3) is 0 Å².